The fraction of sp³-hybridized carbons (Fsp3) is 0.500. The van der Waals surface area contributed by atoms with E-state index in [2.05, 4.69) is 23.0 Å². The van der Waals surface area contributed by atoms with Crippen molar-refractivity contribution in [3.8, 4) is 0 Å². The monoisotopic (exact) mass is 357 g/mol. The fourth-order valence-corrected chi connectivity index (χ4v) is 3.94. The summed E-state index contributed by atoms with van der Waals surface area (Å²) in [5.41, 5.74) is 2.62. The fourth-order valence-electron chi connectivity index (χ4n) is 3.94. The van der Waals surface area contributed by atoms with E-state index in [1.165, 1.54) is 17.7 Å². The van der Waals surface area contributed by atoms with Crippen LogP contribution in [0.3, 0.4) is 0 Å². The number of piperidine rings is 1. The number of aryl methyl sites for hydroxylation is 1. The number of fused-ring (bicyclic) bond motifs is 1. The number of ether oxygens (including phenoxy) is 1. The van der Waals surface area contributed by atoms with E-state index in [1.54, 1.807) is 6.07 Å². The summed E-state index contributed by atoms with van der Waals surface area (Å²) in [5, 5.41) is 0. The molecule has 0 aliphatic carbocycles. The second-order valence-corrected chi connectivity index (χ2v) is 7.38. The first-order valence-electron chi connectivity index (χ1n) is 9.27. The van der Waals surface area contributed by atoms with E-state index >= 15 is 0 Å². The molecule has 1 fully saturated rings. The molecule has 0 bridgehead atoms. The smallest absolute Gasteiger partial charge is 0.223 e. The topological polar surface area (TPSA) is 58.2 Å². The number of likely N-dealkylation sites (tertiary alicyclic amines) is 1. The van der Waals surface area contributed by atoms with Crippen LogP contribution in [0.2, 0.25) is 0 Å². The zero-order chi connectivity index (χ0) is 18.1. The molecule has 6 heteroatoms. The SMILES string of the molecule is CC1=CC2(CCN(C(=O)CCc3nc4ccc(F)cc4[nH]3)CC2)OCC1. The van der Waals surface area contributed by atoms with Crippen LogP contribution in [0, 0.1) is 5.82 Å². The number of benzene rings is 1. The molecule has 0 saturated carbocycles. The van der Waals surface area contributed by atoms with Crippen LogP contribution in [-0.2, 0) is 16.0 Å². The molecule has 2 aromatic rings. The molecule has 1 N–H and O–H groups in total. The molecule has 0 radical (unpaired) electrons. The van der Waals surface area contributed by atoms with Crippen molar-refractivity contribution in [1.82, 2.24) is 14.9 Å². The summed E-state index contributed by atoms with van der Waals surface area (Å²) in [5.74, 6) is 0.574. The number of carbonyl (C=O) groups is 1. The maximum absolute atomic E-state index is 13.3. The third kappa shape index (κ3) is 3.51. The number of nitrogens with one attached hydrogen (secondary N) is 1. The number of imidazole rings is 1. The predicted octanol–water partition coefficient (Wildman–Crippen LogP) is 3.36. The van der Waals surface area contributed by atoms with Crippen LogP contribution in [0.1, 0.15) is 38.4 Å². The summed E-state index contributed by atoms with van der Waals surface area (Å²) in [7, 11) is 0. The normalized spacial score (nSPS) is 19.8. The second-order valence-electron chi connectivity index (χ2n) is 7.38. The molecule has 1 aromatic heterocycles. The quantitative estimate of drug-likeness (QED) is 0.857. The Morgan fingerprint density at radius 2 is 2.19 bits per heavy atom. The highest BCUT2D eigenvalue weighted by molar-refractivity contribution is 5.77. The summed E-state index contributed by atoms with van der Waals surface area (Å²) >= 11 is 0. The van der Waals surface area contributed by atoms with Crippen molar-refractivity contribution < 1.29 is 13.9 Å². The van der Waals surface area contributed by atoms with Crippen LogP contribution < -0.4 is 0 Å². The van der Waals surface area contributed by atoms with Crippen molar-refractivity contribution in [3.05, 3.63) is 41.5 Å². The van der Waals surface area contributed by atoms with Gasteiger partial charge in [0.05, 0.1) is 23.2 Å². The Morgan fingerprint density at radius 3 is 2.96 bits per heavy atom. The van der Waals surface area contributed by atoms with Crippen molar-refractivity contribution in [2.24, 2.45) is 0 Å². The number of halogens is 1. The standard InChI is InChI=1S/C20H24FN3O2/c1-14-6-11-26-20(13-14)7-9-24(10-8-20)19(25)5-4-18-22-16-3-2-15(21)12-17(16)23-18/h2-3,12-13H,4-11H2,1H3,(H,22,23). The minimum Gasteiger partial charge on any atom is -0.370 e. The lowest BCUT2D eigenvalue weighted by molar-refractivity contribution is -0.136. The number of amides is 1. The van der Waals surface area contributed by atoms with Gasteiger partial charge in [-0.25, -0.2) is 9.37 Å². The Balaban J connectivity index is 1.33. The molecule has 3 heterocycles. The van der Waals surface area contributed by atoms with Gasteiger partial charge in [-0.2, -0.15) is 0 Å². The van der Waals surface area contributed by atoms with Gasteiger partial charge in [0.25, 0.3) is 0 Å². The third-order valence-corrected chi connectivity index (χ3v) is 5.43. The predicted molar refractivity (Wildman–Crippen MR) is 97.2 cm³/mol. The molecule has 0 unspecified atom stereocenters. The largest absolute Gasteiger partial charge is 0.370 e. The van der Waals surface area contributed by atoms with Gasteiger partial charge in [-0.05, 0) is 44.4 Å². The van der Waals surface area contributed by atoms with E-state index in [0.29, 0.717) is 18.4 Å². The zero-order valence-corrected chi connectivity index (χ0v) is 15.1. The molecule has 1 aromatic carbocycles. The Morgan fingerprint density at radius 1 is 1.38 bits per heavy atom. The summed E-state index contributed by atoms with van der Waals surface area (Å²) < 4.78 is 19.3. The van der Waals surface area contributed by atoms with Gasteiger partial charge in [0.1, 0.15) is 11.6 Å². The number of aromatic nitrogens is 2. The van der Waals surface area contributed by atoms with E-state index in [-0.39, 0.29) is 17.3 Å². The van der Waals surface area contributed by atoms with Crippen molar-refractivity contribution >= 4 is 16.9 Å². The highest BCUT2D eigenvalue weighted by Gasteiger charge is 2.36. The van der Waals surface area contributed by atoms with Crippen LogP contribution in [0.15, 0.2) is 29.8 Å². The molecular weight excluding hydrogens is 333 g/mol. The van der Waals surface area contributed by atoms with Gasteiger partial charge < -0.3 is 14.6 Å². The molecule has 1 amide bonds. The Labute approximate surface area is 152 Å². The average Bonchev–Trinajstić information content (AvgIpc) is 3.02. The molecule has 138 valence electrons. The van der Waals surface area contributed by atoms with Crippen molar-refractivity contribution in [2.75, 3.05) is 19.7 Å². The maximum atomic E-state index is 13.3. The first-order valence-corrected chi connectivity index (χ1v) is 9.27. The summed E-state index contributed by atoms with van der Waals surface area (Å²) in [6.07, 6.45) is 5.93. The summed E-state index contributed by atoms with van der Waals surface area (Å²) in [6, 6.07) is 4.47. The van der Waals surface area contributed by atoms with Crippen molar-refractivity contribution in [2.45, 2.75) is 44.6 Å². The number of carbonyl (C=O) groups excluding carboxylic acids is 1. The number of hydrogen-bond donors (Lipinski definition) is 1. The molecule has 4 rings (SSSR count). The molecular formula is C20H24FN3O2. The number of nitrogens with zero attached hydrogens (tertiary/aromatic N) is 2. The minimum atomic E-state index is -0.291. The van der Waals surface area contributed by atoms with Gasteiger partial charge in [-0.1, -0.05) is 11.6 Å². The van der Waals surface area contributed by atoms with Gasteiger partial charge in [-0.3, -0.25) is 4.79 Å². The van der Waals surface area contributed by atoms with Crippen molar-refractivity contribution in [1.29, 1.82) is 0 Å². The van der Waals surface area contributed by atoms with Gasteiger partial charge in [0.15, 0.2) is 0 Å². The van der Waals surface area contributed by atoms with E-state index in [1.807, 2.05) is 4.90 Å². The molecule has 2 aliphatic heterocycles. The number of hydrogen-bond acceptors (Lipinski definition) is 3. The molecule has 5 nitrogen and oxygen atoms in total. The summed E-state index contributed by atoms with van der Waals surface area (Å²) in [4.78, 5) is 22.0. The number of rotatable bonds is 3. The highest BCUT2D eigenvalue weighted by atomic mass is 19.1. The van der Waals surface area contributed by atoms with Gasteiger partial charge >= 0.3 is 0 Å². The molecule has 26 heavy (non-hydrogen) atoms. The summed E-state index contributed by atoms with van der Waals surface area (Å²) in [6.45, 7) is 4.39. The lowest BCUT2D eigenvalue weighted by atomic mass is 9.87. The molecule has 1 spiro atoms. The van der Waals surface area contributed by atoms with Crippen LogP contribution in [0.5, 0.6) is 0 Å². The van der Waals surface area contributed by atoms with Gasteiger partial charge in [0.2, 0.25) is 5.91 Å². The number of H-pyrrole nitrogens is 1. The average molecular weight is 357 g/mol. The lowest BCUT2D eigenvalue weighted by Gasteiger charge is -2.42. The Hall–Kier alpha value is -2.21. The molecule has 1 saturated heterocycles. The van der Waals surface area contributed by atoms with Crippen LogP contribution >= 0.6 is 0 Å². The van der Waals surface area contributed by atoms with E-state index < -0.39 is 0 Å². The lowest BCUT2D eigenvalue weighted by Crippen LogP contribution is -2.48. The first kappa shape index (κ1) is 17.2. The molecule has 0 atom stereocenters. The van der Waals surface area contributed by atoms with Crippen LogP contribution in [0.25, 0.3) is 11.0 Å². The van der Waals surface area contributed by atoms with Gasteiger partial charge in [-0.15, -0.1) is 0 Å². The maximum Gasteiger partial charge on any atom is 0.223 e. The Kier molecular flexibility index (Phi) is 4.53. The van der Waals surface area contributed by atoms with Crippen molar-refractivity contribution in [3.63, 3.8) is 0 Å². The van der Waals surface area contributed by atoms with E-state index in [4.69, 9.17) is 4.74 Å². The second kappa shape index (κ2) is 6.83. The number of aromatic amines is 1. The van der Waals surface area contributed by atoms with Crippen LogP contribution in [0.4, 0.5) is 4.39 Å². The van der Waals surface area contributed by atoms with Crippen LogP contribution in [-0.4, -0.2) is 46.1 Å². The third-order valence-electron chi connectivity index (χ3n) is 5.43. The molecule has 2 aliphatic rings. The van der Waals surface area contributed by atoms with E-state index in [0.717, 1.165) is 50.3 Å². The minimum absolute atomic E-state index is 0.142. The Bertz CT molecular complexity index is 850. The highest BCUT2D eigenvalue weighted by Crippen LogP contribution is 2.33. The van der Waals surface area contributed by atoms with Gasteiger partial charge in [0, 0.05) is 25.9 Å². The van der Waals surface area contributed by atoms with E-state index in [9.17, 15) is 9.18 Å². The first-order chi connectivity index (χ1) is 12.5. The zero-order valence-electron chi connectivity index (χ0n) is 15.1.